The molecule has 2 rings (SSSR count). The molecule has 2 N–H and O–H groups in total. The van der Waals surface area contributed by atoms with Gasteiger partial charge in [-0.15, -0.1) is 0 Å². The van der Waals surface area contributed by atoms with Gasteiger partial charge in [0.05, 0.1) is 6.04 Å². The number of benzene rings is 1. The van der Waals surface area contributed by atoms with Crippen LogP contribution in [-0.4, -0.2) is 32.2 Å². The SMILES string of the molecule is CNCC1CN(c2ccc(Cl)cc2)C(=O)N1. The van der Waals surface area contributed by atoms with Crippen LogP contribution in [0.3, 0.4) is 0 Å². The van der Waals surface area contributed by atoms with Crippen molar-refractivity contribution in [1.29, 1.82) is 0 Å². The van der Waals surface area contributed by atoms with Crippen molar-refractivity contribution in [3.63, 3.8) is 0 Å². The molecule has 86 valence electrons. The van der Waals surface area contributed by atoms with E-state index >= 15 is 0 Å². The molecule has 1 aliphatic rings. The fraction of sp³-hybridized carbons (Fsp3) is 0.364. The summed E-state index contributed by atoms with van der Waals surface area (Å²) in [5.41, 5.74) is 0.875. The molecule has 0 saturated carbocycles. The van der Waals surface area contributed by atoms with E-state index in [0.29, 0.717) is 11.6 Å². The standard InChI is InChI=1S/C11H14ClN3O/c1-13-6-9-7-15(11(16)14-9)10-4-2-8(12)3-5-10/h2-5,9,13H,6-7H2,1H3,(H,14,16). The van der Waals surface area contributed by atoms with E-state index in [2.05, 4.69) is 10.6 Å². The van der Waals surface area contributed by atoms with Gasteiger partial charge in [0.25, 0.3) is 0 Å². The van der Waals surface area contributed by atoms with E-state index in [1.54, 1.807) is 17.0 Å². The van der Waals surface area contributed by atoms with Crippen LogP contribution >= 0.6 is 11.6 Å². The monoisotopic (exact) mass is 239 g/mol. The second-order valence-electron chi connectivity index (χ2n) is 3.79. The average Bonchev–Trinajstić information content (AvgIpc) is 2.61. The number of urea groups is 1. The highest BCUT2D eigenvalue weighted by Crippen LogP contribution is 2.20. The summed E-state index contributed by atoms with van der Waals surface area (Å²) in [4.78, 5) is 13.4. The highest BCUT2D eigenvalue weighted by atomic mass is 35.5. The van der Waals surface area contributed by atoms with Crippen LogP contribution in [0.1, 0.15) is 0 Å². The Balaban J connectivity index is 2.10. The van der Waals surface area contributed by atoms with Gasteiger partial charge in [0.2, 0.25) is 0 Å². The van der Waals surface area contributed by atoms with Crippen molar-refractivity contribution in [3.8, 4) is 0 Å². The summed E-state index contributed by atoms with van der Waals surface area (Å²) < 4.78 is 0. The Morgan fingerprint density at radius 2 is 2.19 bits per heavy atom. The van der Waals surface area contributed by atoms with Crippen LogP contribution in [0.5, 0.6) is 0 Å². The van der Waals surface area contributed by atoms with Gasteiger partial charge in [-0.2, -0.15) is 0 Å². The Labute approximate surface area is 99.6 Å². The predicted molar refractivity (Wildman–Crippen MR) is 65.0 cm³/mol. The fourth-order valence-electron chi connectivity index (χ4n) is 1.81. The van der Waals surface area contributed by atoms with E-state index in [1.165, 1.54) is 0 Å². The highest BCUT2D eigenvalue weighted by Gasteiger charge is 2.28. The minimum atomic E-state index is -0.0532. The lowest BCUT2D eigenvalue weighted by Crippen LogP contribution is -2.35. The number of anilines is 1. The second-order valence-corrected chi connectivity index (χ2v) is 4.23. The Morgan fingerprint density at radius 3 is 2.81 bits per heavy atom. The zero-order valence-corrected chi connectivity index (χ0v) is 9.79. The van der Waals surface area contributed by atoms with Crippen LogP contribution in [0, 0.1) is 0 Å². The van der Waals surface area contributed by atoms with Crippen molar-refractivity contribution in [1.82, 2.24) is 10.6 Å². The summed E-state index contributed by atoms with van der Waals surface area (Å²) >= 11 is 5.80. The van der Waals surface area contributed by atoms with Crippen LogP contribution in [-0.2, 0) is 0 Å². The summed E-state index contributed by atoms with van der Waals surface area (Å²) in [6.45, 7) is 1.46. The number of likely N-dealkylation sites (N-methyl/N-ethyl adjacent to an activating group) is 1. The molecule has 2 amide bonds. The van der Waals surface area contributed by atoms with E-state index in [4.69, 9.17) is 11.6 Å². The van der Waals surface area contributed by atoms with Crippen LogP contribution in [0.15, 0.2) is 24.3 Å². The maximum absolute atomic E-state index is 11.7. The topological polar surface area (TPSA) is 44.4 Å². The van der Waals surface area contributed by atoms with Crippen molar-refractivity contribution in [2.24, 2.45) is 0 Å². The third-order valence-corrected chi connectivity index (χ3v) is 2.82. The molecular formula is C11H14ClN3O. The summed E-state index contributed by atoms with van der Waals surface area (Å²) in [6, 6.07) is 7.38. The molecule has 0 spiro atoms. The van der Waals surface area contributed by atoms with Gasteiger partial charge in [-0.3, -0.25) is 4.90 Å². The first-order chi connectivity index (χ1) is 7.70. The fourth-order valence-corrected chi connectivity index (χ4v) is 1.93. The Morgan fingerprint density at radius 1 is 1.50 bits per heavy atom. The number of amides is 2. The zero-order valence-electron chi connectivity index (χ0n) is 9.03. The Kier molecular flexibility index (Phi) is 3.31. The molecule has 0 aromatic heterocycles. The molecule has 1 aliphatic heterocycles. The summed E-state index contributed by atoms with van der Waals surface area (Å²) in [5, 5.41) is 6.63. The number of nitrogens with zero attached hydrogens (tertiary/aromatic N) is 1. The predicted octanol–water partition coefficient (Wildman–Crippen LogP) is 1.46. The normalized spacial score (nSPS) is 20.0. The molecule has 1 fully saturated rings. The molecule has 1 aromatic rings. The molecule has 16 heavy (non-hydrogen) atoms. The van der Waals surface area contributed by atoms with Gasteiger partial charge in [-0.05, 0) is 31.3 Å². The third kappa shape index (κ3) is 2.28. The molecule has 4 nitrogen and oxygen atoms in total. The van der Waals surface area contributed by atoms with Crippen molar-refractivity contribution in [2.45, 2.75) is 6.04 Å². The number of carbonyl (C=O) groups excluding carboxylic acids is 1. The molecular weight excluding hydrogens is 226 g/mol. The van der Waals surface area contributed by atoms with Crippen molar-refractivity contribution < 1.29 is 4.79 Å². The lowest BCUT2D eigenvalue weighted by atomic mass is 10.2. The molecule has 1 atom stereocenters. The summed E-state index contributed by atoms with van der Waals surface area (Å²) in [6.07, 6.45) is 0. The van der Waals surface area contributed by atoms with Gasteiger partial charge < -0.3 is 10.6 Å². The maximum Gasteiger partial charge on any atom is 0.322 e. The number of hydrogen-bond acceptors (Lipinski definition) is 2. The molecule has 0 bridgehead atoms. The number of nitrogens with one attached hydrogen (secondary N) is 2. The zero-order chi connectivity index (χ0) is 11.5. The lowest BCUT2D eigenvalue weighted by molar-refractivity contribution is 0.251. The molecule has 0 aliphatic carbocycles. The van der Waals surface area contributed by atoms with E-state index in [0.717, 1.165) is 12.2 Å². The quantitative estimate of drug-likeness (QED) is 0.839. The lowest BCUT2D eigenvalue weighted by Gasteiger charge is -2.14. The number of halogens is 1. The van der Waals surface area contributed by atoms with Crippen LogP contribution < -0.4 is 15.5 Å². The number of carbonyl (C=O) groups is 1. The summed E-state index contributed by atoms with van der Waals surface area (Å²) in [7, 11) is 1.87. The Bertz CT molecular complexity index is 379. The Hall–Kier alpha value is -1.26. The molecule has 0 radical (unpaired) electrons. The highest BCUT2D eigenvalue weighted by molar-refractivity contribution is 6.30. The molecule has 1 unspecified atom stereocenters. The van der Waals surface area contributed by atoms with Gasteiger partial charge in [0, 0.05) is 23.8 Å². The van der Waals surface area contributed by atoms with E-state index in [-0.39, 0.29) is 12.1 Å². The van der Waals surface area contributed by atoms with Gasteiger partial charge in [0.15, 0.2) is 0 Å². The van der Waals surface area contributed by atoms with Gasteiger partial charge >= 0.3 is 6.03 Å². The molecule has 1 heterocycles. The minimum Gasteiger partial charge on any atom is -0.332 e. The number of hydrogen-bond donors (Lipinski definition) is 2. The largest absolute Gasteiger partial charge is 0.332 e. The van der Waals surface area contributed by atoms with E-state index in [1.807, 2.05) is 19.2 Å². The van der Waals surface area contributed by atoms with Gasteiger partial charge in [0.1, 0.15) is 0 Å². The first-order valence-electron chi connectivity index (χ1n) is 5.19. The van der Waals surface area contributed by atoms with Gasteiger partial charge in [-0.1, -0.05) is 11.6 Å². The molecule has 1 saturated heterocycles. The van der Waals surface area contributed by atoms with Crippen LogP contribution in [0.2, 0.25) is 5.02 Å². The van der Waals surface area contributed by atoms with Crippen LogP contribution in [0.25, 0.3) is 0 Å². The molecule has 1 aromatic carbocycles. The molecule has 5 heteroatoms. The second kappa shape index (κ2) is 4.72. The van der Waals surface area contributed by atoms with Gasteiger partial charge in [-0.25, -0.2) is 4.79 Å². The third-order valence-electron chi connectivity index (χ3n) is 2.56. The number of rotatable bonds is 3. The summed E-state index contributed by atoms with van der Waals surface area (Å²) in [5.74, 6) is 0. The maximum atomic E-state index is 11.7. The minimum absolute atomic E-state index is 0.0532. The van der Waals surface area contributed by atoms with E-state index < -0.39 is 0 Å². The van der Waals surface area contributed by atoms with Crippen molar-refractivity contribution in [3.05, 3.63) is 29.3 Å². The average molecular weight is 240 g/mol. The first kappa shape index (κ1) is 11.2. The van der Waals surface area contributed by atoms with E-state index in [9.17, 15) is 4.79 Å². The van der Waals surface area contributed by atoms with Crippen LogP contribution in [0.4, 0.5) is 10.5 Å². The van der Waals surface area contributed by atoms with Crippen molar-refractivity contribution in [2.75, 3.05) is 25.0 Å². The smallest absolute Gasteiger partial charge is 0.322 e. The first-order valence-corrected chi connectivity index (χ1v) is 5.56. The van der Waals surface area contributed by atoms with Crippen molar-refractivity contribution >= 4 is 23.3 Å².